The highest BCUT2D eigenvalue weighted by Crippen LogP contribution is 2.26. The van der Waals surface area contributed by atoms with E-state index in [1.165, 1.54) is 16.8 Å². The van der Waals surface area contributed by atoms with Gasteiger partial charge in [0.05, 0.1) is 12.8 Å². The van der Waals surface area contributed by atoms with Gasteiger partial charge in [-0.05, 0) is 56.7 Å². The Hall–Kier alpha value is -2.79. The van der Waals surface area contributed by atoms with Crippen molar-refractivity contribution < 1.29 is 9.15 Å². The van der Waals surface area contributed by atoms with Crippen molar-refractivity contribution in [2.75, 3.05) is 38.2 Å². The molecule has 29 heavy (non-hydrogen) atoms. The number of aromatic nitrogens is 1. The monoisotopic (exact) mass is 391 g/mol. The van der Waals surface area contributed by atoms with E-state index in [-0.39, 0.29) is 0 Å². The van der Waals surface area contributed by atoms with Gasteiger partial charge in [-0.15, -0.1) is 0 Å². The summed E-state index contributed by atoms with van der Waals surface area (Å²) in [7, 11) is 1.67. The third-order valence-electron chi connectivity index (χ3n) is 5.67. The summed E-state index contributed by atoms with van der Waals surface area (Å²) in [5, 5.41) is 0. The summed E-state index contributed by atoms with van der Waals surface area (Å²) < 4.78 is 11.2. The lowest BCUT2D eigenvalue weighted by Crippen LogP contribution is -2.46. The van der Waals surface area contributed by atoms with Crippen LogP contribution in [0.5, 0.6) is 5.75 Å². The van der Waals surface area contributed by atoms with Gasteiger partial charge in [-0.3, -0.25) is 4.90 Å². The maximum atomic E-state index is 5.94. The first kappa shape index (κ1) is 19.5. The van der Waals surface area contributed by atoms with E-state index < -0.39 is 0 Å². The van der Waals surface area contributed by atoms with Gasteiger partial charge in [0, 0.05) is 44.0 Å². The number of aryl methyl sites for hydroxylation is 3. The van der Waals surface area contributed by atoms with Crippen LogP contribution in [0.25, 0.3) is 11.5 Å². The summed E-state index contributed by atoms with van der Waals surface area (Å²) in [6.07, 6.45) is 0. The van der Waals surface area contributed by atoms with Crippen LogP contribution in [0, 0.1) is 20.8 Å². The molecule has 1 saturated heterocycles. The van der Waals surface area contributed by atoms with Crippen molar-refractivity contribution in [2.24, 2.45) is 0 Å². The minimum absolute atomic E-state index is 0.675. The van der Waals surface area contributed by atoms with Crippen molar-refractivity contribution >= 4 is 5.69 Å². The van der Waals surface area contributed by atoms with E-state index in [0.29, 0.717) is 5.89 Å². The molecule has 0 unspecified atom stereocenters. The molecule has 2 heterocycles. The fourth-order valence-corrected chi connectivity index (χ4v) is 3.95. The largest absolute Gasteiger partial charge is 0.497 e. The molecule has 1 aliphatic heterocycles. The molecule has 0 atom stereocenters. The number of anilines is 1. The Labute approximate surface area is 172 Å². The zero-order valence-electron chi connectivity index (χ0n) is 17.7. The molecule has 2 aromatic carbocycles. The third kappa shape index (κ3) is 4.30. The lowest BCUT2D eigenvalue weighted by atomic mass is 10.1. The summed E-state index contributed by atoms with van der Waals surface area (Å²) in [5.74, 6) is 2.40. The number of benzene rings is 2. The SMILES string of the molecule is COc1ccc(-c2nc(CN3CCN(c4ccc(C)cc4C)CC3)c(C)o2)cc1. The van der Waals surface area contributed by atoms with Gasteiger partial charge in [0.2, 0.25) is 5.89 Å². The van der Waals surface area contributed by atoms with Crippen LogP contribution in [0.15, 0.2) is 46.9 Å². The normalized spacial score (nSPS) is 15.0. The number of piperazine rings is 1. The van der Waals surface area contributed by atoms with Crippen molar-refractivity contribution in [1.29, 1.82) is 0 Å². The van der Waals surface area contributed by atoms with Crippen LogP contribution in [0.2, 0.25) is 0 Å². The molecule has 1 fully saturated rings. The predicted octanol–water partition coefficient (Wildman–Crippen LogP) is 4.60. The molecular weight excluding hydrogens is 362 g/mol. The molecule has 0 bridgehead atoms. The van der Waals surface area contributed by atoms with Gasteiger partial charge in [0.15, 0.2) is 0 Å². The smallest absolute Gasteiger partial charge is 0.226 e. The summed E-state index contributed by atoms with van der Waals surface area (Å²) in [6, 6.07) is 14.5. The first-order valence-electron chi connectivity index (χ1n) is 10.2. The Kier molecular flexibility index (Phi) is 5.58. The highest BCUT2D eigenvalue weighted by molar-refractivity contribution is 5.56. The molecule has 1 aromatic heterocycles. The molecule has 0 spiro atoms. The van der Waals surface area contributed by atoms with E-state index in [4.69, 9.17) is 14.1 Å². The Balaban J connectivity index is 1.40. The Bertz CT molecular complexity index is 970. The Morgan fingerprint density at radius 1 is 0.966 bits per heavy atom. The minimum atomic E-state index is 0.675. The lowest BCUT2D eigenvalue weighted by Gasteiger charge is -2.36. The molecule has 0 radical (unpaired) electrons. The highest BCUT2D eigenvalue weighted by Gasteiger charge is 2.21. The van der Waals surface area contributed by atoms with Crippen molar-refractivity contribution in [1.82, 2.24) is 9.88 Å². The summed E-state index contributed by atoms with van der Waals surface area (Å²) in [5.41, 5.74) is 6.03. The third-order valence-corrected chi connectivity index (χ3v) is 5.67. The number of hydrogen-bond donors (Lipinski definition) is 0. The molecule has 3 aromatic rings. The molecule has 4 rings (SSSR count). The van der Waals surface area contributed by atoms with Crippen LogP contribution >= 0.6 is 0 Å². The van der Waals surface area contributed by atoms with E-state index in [0.717, 1.165) is 55.5 Å². The van der Waals surface area contributed by atoms with Gasteiger partial charge in [-0.25, -0.2) is 4.98 Å². The van der Waals surface area contributed by atoms with Crippen LogP contribution in [-0.4, -0.2) is 43.2 Å². The van der Waals surface area contributed by atoms with Crippen LogP contribution in [0.4, 0.5) is 5.69 Å². The van der Waals surface area contributed by atoms with E-state index in [1.807, 2.05) is 31.2 Å². The average Bonchev–Trinajstić information content (AvgIpc) is 3.09. The highest BCUT2D eigenvalue weighted by atomic mass is 16.5. The molecule has 0 saturated carbocycles. The fraction of sp³-hybridized carbons (Fsp3) is 0.375. The molecule has 0 amide bonds. The zero-order chi connectivity index (χ0) is 20.4. The molecular formula is C24H29N3O2. The number of oxazole rings is 1. The number of hydrogen-bond acceptors (Lipinski definition) is 5. The second-order valence-corrected chi connectivity index (χ2v) is 7.80. The van der Waals surface area contributed by atoms with E-state index >= 15 is 0 Å². The van der Waals surface area contributed by atoms with Crippen molar-refractivity contribution in [3.05, 3.63) is 65.0 Å². The standard InChI is InChI=1S/C24H29N3O2/c1-17-5-10-23(18(2)15-17)27-13-11-26(12-14-27)16-22-19(3)29-24(25-22)20-6-8-21(28-4)9-7-20/h5-10,15H,11-14,16H2,1-4H3. The average molecular weight is 392 g/mol. The summed E-state index contributed by atoms with van der Waals surface area (Å²) in [4.78, 5) is 9.72. The van der Waals surface area contributed by atoms with E-state index in [9.17, 15) is 0 Å². The topological polar surface area (TPSA) is 41.7 Å². The quantitative estimate of drug-likeness (QED) is 0.636. The molecule has 152 valence electrons. The first-order chi connectivity index (χ1) is 14.0. The Morgan fingerprint density at radius 2 is 1.69 bits per heavy atom. The van der Waals surface area contributed by atoms with Crippen molar-refractivity contribution in [3.63, 3.8) is 0 Å². The van der Waals surface area contributed by atoms with Crippen LogP contribution in [0.1, 0.15) is 22.6 Å². The van der Waals surface area contributed by atoms with Gasteiger partial charge in [-0.1, -0.05) is 17.7 Å². The van der Waals surface area contributed by atoms with E-state index in [1.54, 1.807) is 7.11 Å². The van der Waals surface area contributed by atoms with Gasteiger partial charge in [-0.2, -0.15) is 0 Å². The summed E-state index contributed by atoms with van der Waals surface area (Å²) in [6.45, 7) is 11.3. The summed E-state index contributed by atoms with van der Waals surface area (Å²) >= 11 is 0. The second kappa shape index (κ2) is 8.29. The van der Waals surface area contributed by atoms with Crippen LogP contribution < -0.4 is 9.64 Å². The molecule has 0 N–H and O–H groups in total. The number of nitrogens with zero attached hydrogens (tertiary/aromatic N) is 3. The van der Waals surface area contributed by atoms with E-state index in [2.05, 4.69) is 41.8 Å². The maximum Gasteiger partial charge on any atom is 0.226 e. The van der Waals surface area contributed by atoms with Gasteiger partial charge in [0.1, 0.15) is 11.5 Å². The maximum absolute atomic E-state index is 5.94. The van der Waals surface area contributed by atoms with Gasteiger partial charge >= 0.3 is 0 Å². The molecule has 1 aliphatic rings. The number of rotatable bonds is 5. The fourth-order valence-electron chi connectivity index (χ4n) is 3.95. The number of ether oxygens (including phenoxy) is 1. The second-order valence-electron chi connectivity index (χ2n) is 7.80. The van der Waals surface area contributed by atoms with Crippen molar-refractivity contribution in [3.8, 4) is 17.2 Å². The molecule has 0 aliphatic carbocycles. The predicted molar refractivity (Wildman–Crippen MR) is 117 cm³/mol. The first-order valence-corrected chi connectivity index (χ1v) is 10.2. The van der Waals surface area contributed by atoms with Crippen LogP contribution in [-0.2, 0) is 6.54 Å². The van der Waals surface area contributed by atoms with Gasteiger partial charge < -0.3 is 14.1 Å². The lowest BCUT2D eigenvalue weighted by molar-refractivity contribution is 0.246. The minimum Gasteiger partial charge on any atom is -0.497 e. The van der Waals surface area contributed by atoms with Gasteiger partial charge in [0.25, 0.3) is 0 Å². The Morgan fingerprint density at radius 3 is 2.34 bits per heavy atom. The van der Waals surface area contributed by atoms with Crippen LogP contribution in [0.3, 0.4) is 0 Å². The molecule has 5 nitrogen and oxygen atoms in total. The number of methoxy groups -OCH3 is 1. The zero-order valence-corrected chi connectivity index (χ0v) is 17.7. The molecule has 5 heteroatoms. The van der Waals surface area contributed by atoms with Crippen molar-refractivity contribution in [2.45, 2.75) is 27.3 Å².